The molecule has 1 fully saturated rings. The summed E-state index contributed by atoms with van der Waals surface area (Å²) in [5.41, 5.74) is 0.632. The Morgan fingerprint density at radius 3 is 2.82 bits per heavy atom. The molecule has 0 atom stereocenters. The quantitative estimate of drug-likeness (QED) is 0.808. The largest absolute Gasteiger partial charge is 0.351 e. The van der Waals surface area contributed by atoms with Gasteiger partial charge >= 0.3 is 0 Å². The first-order chi connectivity index (χ1) is 8.06. The highest BCUT2D eigenvalue weighted by molar-refractivity contribution is 14.1. The molecule has 1 aliphatic rings. The van der Waals surface area contributed by atoms with E-state index in [1.165, 1.54) is 12.8 Å². The molecule has 1 saturated carbocycles. The van der Waals surface area contributed by atoms with Gasteiger partial charge in [0.05, 0.1) is 5.02 Å². The monoisotopic (exact) mass is 381 g/mol. The average molecular weight is 382 g/mol. The summed E-state index contributed by atoms with van der Waals surface area (Å²) in [5.74, 6) is -0.0383. The molecule has 92 valence electrons. The molecule has 17 heavy (non-hydrogen) atoms. The molecule has 0 aromatic heterocycles. The molecule has 2 rings (SSSR count). The van der Waals surface area contributed by atoms with Crippen molar-refractivity contribution in [2.24, 2.45) is 0 Å². The molecule has 5 heteroatoms. The van der Waals surface area contributed by atoms with Gasteiger partial charge in [0, 0.05) is 20.4 Å². The van der Waals surface area contributed by atoms with Crippen LogP contribution < -0.4 is 5.32 Å². The van der Waals surface area contributed by atoms with Crippen LogP contribution in [0.25, 0.3) is 0 Å². The first-order valence-electron chi connectivity index (χ1n) is 5.35. The van der Waals surface area contributed by atoms with Crippen LogP contribution in [0.2, 0.25) is 5.02 Å². The van der Waals surface area contributed by atoms with Crippen LogP contribution in [0.1, 0.15) is 23.2 Å². The number of benzene rings is 1. The lowest BCUT2D eigenvalue weighted by Crippen LogP contribution is -2.31. The Kier molecular flexibility index (Phi) is 4.26. The Hall–Kier alpha value is 0.0600. The lowest BCUT2D eigenvalue weighted by Gasteiger charge is -2.13. The van der Waals surface area contributed by atoms with E-state index in [-0.39, 0.29) is 5.91 Å². The van der Waals surface area contributed by atoms with Crippen molar-refractivity contribution in [1.29, 1.82) is 0 Å². The second-order valence-corrected chi connectivity index (χ2v) is 7.04. The fourth-order valence-electron chi connectivity index (χ4n) is 1.57. The van der Waals surface area contributed by atoms with Crippen LogP contribution in [0.4, 0.5) is 0 Å². The molecule has 0 spiro atoms. The SMILES string of the molecule is CSC1(CNC(=O)c2ccc(I)c(Cl)c2)CC1. The van der Waals surface area contributed by atoms with Crippen molar-refractivity contribution in [2.45, 2.75) is 17.6 Å². The predicted molar refractivity (Wildman–Crippen MR) is 82.0 cm³/mol. The van der Waals surface area contributed by atoms with Crippen LogP contribution in [-0.4, -0.2) is 23.5 Å². The van der Waals surface area contributed by atoms with Gasteiger partial charge in [0.2, 0.25) is 0 Å². The molecule has 1 amide bonds. The van der Waals surface area contributed by atoms with Gasteiger partial charge in [-0.3, -0.25) is 4.79 Å². The number of hydrogen-bond acceptors (Lipinski definition) is 2. The summed E-state index contributed by atoms with van der Waals surface area (Å²) in [7, 11) is 0. The van der Waals surface area contributed by atoms with Crippen molar-refractivity contribution in [3.8, 4) is 0 Å². The van der Waals surface area contributed by atoms with E-state index in [2.05, 4.69) is 34.2 Å². The second-order valence-electron chi connectivity index (χ2n) is 4.20. The third-order valence-electron chi connectivity index (χ3n) is 2.99. The number of amides is 1. The van der Waals surface area contributed by atoms with E-state index in [0.29, 0.717) is 15.3 Å². The zero-order chi connectivity index (χ0) is 12.5. The summed E-state index contributed by atoms with van der Waals surface area (Å²) in [6.07, 6.45) is 4.49. The summed E-state index contributed by atoms with van der Waals surface area (Å²) in [4.78, 5) is 11.9. The maximum absolute atomic E-state index is 11.9. The number of rotatable bonds is 4. The topological polar surface area (TPSA) is 29.1 Å². The van der Waals surface area contributed by atoms with E-state index < -0.39 is 0 Å². The number of nitrogens with one attached hydrogen (secondary N) is 1. The maximum atomic E-state index is 11.9. The van der Waals surface area contributed by atoms with Crippen molar-refractivity contribution in [3.05, 3.63) is 32.4 Å². The van der Waals surface area contributed by atoms with E-state index in [0.717, 1.165) is 10.1 Å². The average Bonchev–Trinajstić information content (AvgIpc) is 3.10. The van der Waals surface area contributed by atoms with Crippen molar-refractivity contribution >= 4 is 51.9 Å². The minimum absolute atomic E-state index is 0.0383. The maximum Gasteiger partial charge on any atom is 0.251 e. The van der Waals surface area contributed by atoms with Crippen LogP contribution in [0.5, 0.6) is 0 Å². The van der Waals surface area contributed by atoms with Gasteiger partial charge in [-0.25, -0.2) is 0 Å². The highest BCUT2D eigenvalue weighted by Gasteiger charge is 2.41. The Balaban J connectivity index is 1.97. The van der Waals surface area contributed by atoms with Crippen LogP contribution in [0, 0.1) is 3.57 Å². The highest BCUT2D eigenvalue weighted by Crippen LogP contribution is 2.46. The minimum Gasteiger partial charge on any atom is -0.351 e. The third kappa shape index (κ3) is 3.29. The van der Waals surface area contributed by atoms with Crippen LogP contribution in [0.15, 0.2) is 18.2 Å². The van der Waals surface area contributed by atoms with Gasteiger partial charge in [0.1, 0.15) is 0 Å². The molecule has 0 bridgehead atoms. The van der Waals surface area contributed by atoms with E-state index in [4.69, 9.17) is 11.6 Å². The van der Waals surface area contributed by atoms with Crippen molar-refractivity contribution in [2.75, 3.05) is 12.8 Å². The molecular weight excluding hydrogens is 369 g/mol. The zero-order valence-electron chi connectivity index (χ0n) is 9.43. The molecule has 0 unspecified atom stereocenters. The summed E-state index contributed by atoms with van der Waals surface area (Å²) < 4.78 is 1.26. The summed E-state index contributed by atoms with van der Waals surface area (Å²) in [6.45, 7) is 0.747. The molecule has 1 aromatic carbocycles. The van der Waals surface area contributed by atoms with Gasteiger partial charge in [-0.2, -0.15) is 11.8 Å². The summed E-state index contributed by atoms with van der Waals surface area (Å²) in [5, 5.41) is 3.61. The molecule has 0 saturated heterocycles. The molecule has 1 N–H and O–H groups in total. The Morgan fingerprint density at radius 1 is 1.59 bits per heavy atom. The predicted octanol–water partition coefficient (Wildman–Crippen LogP) is 3.57. The van der Waals surface area contributed by atoms with Gasteiger partial charge < -0.3 is 5.32 Å². The lowest BCUT2D eigenvalue weighted by molar-refractivity contribution is 0.0953. The summed E-state index contributed by atoms with van der Waals surface area (Å²) >= 11 is 9.98. The fraction of sp³-hybridized carbons (Fsp3) is 0.417. The summed E-state index contributed by atoms with van der Waals surface area (Å²) in [6, 6.07) is 5.39. The number of thioether (sulfide) groups is 1. The zero-order valence-corrected chi connectivity index (χ0v) is 13.2. The smallest absolute Gasteiger partial charge is 0.251 e. The standard InChI is InChI=1S/C12H13ClINOS/c1-17-12(4-5-12)7-15-11(16)8-2-3-10(14)9(13)6-8/h2-3,6H,4-5,7H2,1H3,(H,15,16). The Morgan fingerprint density at radius 2 is 2.29 bits per heavy atom. The Labute approximate surface area is 124 Å². The van der Waals surface area contributed by atoms with Crippen molar-refractivity contribution in [3.63, 3.8) is 0 Å². The van der Waals surface area contributed by atoms with E-state index >= 15 is 0 Å². The minimum atomic E-state index is -0.0383. The van der Waals surface area contributed by atoms with Crippen LogP contribution >= 0.6 is 46.0 Å². The van der Waals surface area contributed by atoms with Crippen molar-refractivity contribution < 1.29 is 4.79 Å². The molecule has 0 radical (unpaired) electrons. The van der Waals surface area contributed by atoms with Gasteiger partial charge in [0.15, 0.2) is 0 Å². The molecule has 0 aliphatic heterocycles. The number of halogens is 2. The van der Waals surface area contributed by atoms with Gasteiger partial charge in [-0.15, -0.1) is 0 Å². The van der Waals surface area contributed by atoms with Crippen LogP contribution in [-0.2, 0) is 0 Å². The van der Waals surface area contributed by atoms with E-state index in [1.54, 1.807) is 6.07 Å². The normalized spacial score (nSPS) is 16.6. The van der Waals surface area contributed by atoms with Gasteiger partial charge in [0.25, 0.3) is 5.91 Å². The molecule has 0 heterocycles. The van der Waals surface area contributed by atoms with Gasteiger partial charge in [-0.1, -0.05) is 11.6 Å². The first-order valence-corrected chi connectivity index (χ1v) is 8.03. The first kappa shape index (κ1) is 13.5. The van der Waals surface area contributed by atoms with E-state index in [1.807, 2.05) is 23.9 Å². The lowest BCUT2D eigenvalue weighted by atomic mass is 10.2. The Bertz CT molecular complexity index is 448. The van der Waals surface area contributed by atoms with Gasteiger partial charge in [-0.05, 0) is 59.9 Å². The molecule has 2 nitrogen and oxygen atoms in total. The fourth-order valence-corrected chi connectivity index (χ4v) is 2.82. The van der Waals surface area contributed by atoms with E-state index in [9.17, 15) is 4.79 Å². The second kappa shape index (κ2) is 5.36. The molecule has 1 aliphatic carbocycles. The highest BCUT2D eigenvalue weighted by atomic mass is 127. The van der Waals surface area contributed by atoms with Crippen molar-refractivity contribution in [1.82, 2.24) is 5.32 Å². The number of carbonyl (C=O) groups is 1. The van der Waals surface area contributed by atoms with Crippen LogP contribution in [0.3, 0.4) is 0 Å². The number of carbonyl (C=O) groups excluding carboxylic acids is 1. The third-order valence-corrected chi connectivity index (χ3v) is 5.98. The molecule has 1 aromatic rings. The number of hydrogen-bond donors (Lipinski definition) is 1. The molecular formula is C12H13ClINOS.